The third-order valence-corrected chi connectivity index (χ3v) is 1.90. The molecule has 2 heteroatoms. The van der Waals surface area contributed by atoms with E-state index in [9.17, 15) is 0 Å². The van der Waals surface area contributed by atoms with E-state index in [-0.39, 0.29) is 0 Å². The summed E-state index contributed by atoms with van der Waals surface area (Å²) in [6, 6.07) is 0. The molecule has 1 aromatic rings. The maximum atomic E-state index is 3.92. The monoisotopic (exact) mass is 194 g/mol. The molecule has 0 aromatic carbocycles. The van der Waals surface area contributed by atoms with Crippen LogP contribution in [0.4, 0.5) is 0 Å². The average Bonchev–Trinajstić information content (AvgIpc) is 2.21. The Balaban J connectivity index is 0.000000241. The molecule has 80 valence electrons. The van der Waals surface area contributed by atoms with Gasteiger partial charge >= 0.3 is 0 Å². The minimum Gasteiger partial charge on any atom is -0.261 e. The molecule has 1 rings (SSSR count). The van der Waals surface area contributed by atoms with Gasteiger partial charge in [0.15, 0.2) is 0 Å². The van der Waals surface area contributed by atoms with Gasteiger partial charge in [-0.05, 0) is 6.92 Å². The number of rotatable bonds is 4. The zero-order valence-corrected chi connectivity index (χ0v) is 9.66. The molecule has 1 aromatic heterocycles. The van der Waals surface area contributed by atoms with Gasteiger partial charge in [-0.15, -0.1) is 0 Å². The molecule has 0 spiro atoms. The predicted molar refractivity (Wildman–Crippen MR) is 61.2 cm³/mol. The standard InChI is InChI=1S/C7H16.C5H6N2/c1-3-5-7-6-4-2;1-5-4-6-2-3-7-5/h3-7H2,1-2H3;2-4H,1H3. The van der Waals surface area contributed by atoms with E-state index >= 15 is 0 Å². The van der Waals surface area contributed by atoms with Crippen molar-refractivity contribution in [3.8, 4) is 0 Å². The van der Waals surface area contributed by atoms with Crippen molar-refractivity contribution >= 4 is 0 Å². The normalized spacial score (nSPS) is 9.07. The molecule has 0 aliphatic heterocycles. The van der Waals surface area contributed by atoms with Crippen molar-refractivity contribution in [2.24, 2.45) is 0 Å². The van der Waals surface area contributed by atoms with Crippen molar-refractivity contribution in [1.82, 2.24) is 9.97 Å². The molecular formula is C12H22N2. The largest absolute Gasteiger partial charge is 0.261 e. The van der Waals surface area contributed by atoms with Crippen LogP contribution in [0.25, 0.3) is 0 Å². The quantitative estimate of drug-likeness (QED) is 0.682. The molecular weight excluding hydrogens is 172 g/mol. The summed E-state index contributed by atoms with van der Waals surface area (Å²) in [4.78, 5) is 7.74. The third-order valence-electron chi connectivity index (χ3n) is 1.90. The van der Waals surface area contributed by atoms with Crippen molar-refractivity contribution in [2.75, 3.05) is 0 Å². The summed E-state index contributed by atoms with van der Waals surface area (Å²) in [5, 5.41) is 0. The van der Waals surface area contributed by atoms with E-state index in [0.717, 1.165) is 5.69 Å². The van der Waals surface area contributed by atoms with Crippen LogP contribution in [0.1, 0.15) is 51.6 Å². The Bertz CT molecular complexity index is 193. The molecule has 14 heavy (non-hydrogen) atoms. The lowest BCUT2D eigenvalue weighted by atomic mass is 10.2. The van der Waals surface area contributed by atoms with Crippen molar-refractivity contribution in [3.05, 3.63) is 24.3 Å². The Morgan fingerprint density at radius 3 is 1.93 bits per heavy atom. The van der Waals surface area contributed by atoms with Crippen molar-refractivity contribution in [1.29, 1.82) is 0 Å². The molecule has 0 aliphatic rings. The molecule has 1 heterocycles. The van der Waals surface area contributed by atoms with Gasteiger partial charge in [-0.2, -0.15) is 0 Å². The van der Waals surface area contributed by atoms with Gasteiger partial charge in [0.25, 0.3) is 0 Å². The fraction of sp³-hybridized carbons (Fsp3) is 0.667. The summed E-state index contributed by atoms with van der Waals surface area (Å²) >= 11 is 0. The average molecular weight is 194 g/mol. The van der Waals surface area contributed by atoms with E-state index in [1.807, 2.05) is 6.92 Å². The molecule has 0 unspecified atom stereocenters. The van der Waals surface area contributed by atoms with E-state index in [1.54, 1.807) is 18.6 Å². The molecule has 0 saturated heterocycles. The molecule has 0 amide bonds. The van der Waals surface area contributed by atoms with Gasteiger partial charge in [-0.3, -0.25) is 9.97 Å². The van der Waals surface area contributed by atoms with Crippen molar-refractivity contribution in [2.45, 2.75) is 52.9 Å². The number of unbranched alkanes of at least 4 members (excludes halogenated alkanes) is 4. The van der Waals surface area contributed by atoms with E-state index in [1.165, 1.54) is 32.1 Å². The highest BCUT2D eigenvalue weighted by atomic mass is 14.7. The fourth-order valence-corrected chi connectivity index (χ4v) is 1.05. The Morgan fingerprint density at radius 1 is 1.00 bits per heavy atom. The van der Waals surface area contributed by atoms with Gasteiger partial charge in [0.2, 0.25) is 0 Å². The Labute approximate surface area is 87.8 Å². The Kier molecular flexibility index (Phi) is 9.49. The van der Waals surface area contributed by atoms with Crippen LogP contribution >= 0.6 is 0 Å². The first-order valence-electron chi connectivity index (χ1n) is 5.53. The highest BCUT2D eigenvalue weighted by Gasteiger charge is 1.80. The summed E-state index contributed by atoms with van der Waals surface area (Å²) in [5.41, 5.74) is 0.961. The second kappa shape index (κ2) is 10.2. The van der Waals surface area contributed by atoms with E-state index < -0.39 is 0 Å². The lowest BCUT2D eigenvalue weighted by Gasteiger charge is -1.90. The summed E-state index contributed by atoms with van der Waals surface area (Å²) in [6.07, 6.45) is 12.1. The molecule has 0 atom stereocenters. The lowest BCUT2D eigenvalue weighted by Crippen LogP contribution is -1.77. The Morgan fingerprint density at radius 2 is 1.64 bits per heavy atom. The number of hydrogen-bond donors (Lipinski definition) is 0. The maximum Gasteiger partial charge on any atom is 0.0555 e. The molecule has 0 fully saturated rings. The second-order valence-electron chi connectivity index (χ2n) is 3.41. The molecule has 0 N–H and O–H groups in total. The summed E-state index contributed by atoms with van der Waals surface area (Å²) in [6.45, 7) is 6.40. The van der Waals surface area contributed by atoms with Crippen LogP contribution in [0.3, 0.4) is 0 Å². The molecule has 0 radical (unpaired) electrons. The number of nitrogens with zero attached hydrogens (tertiary/aromatic N) is 2. The van der Waals surface area contributed by atoms with Gasteiger partial charge in [0.05, 0.1) is 5.69 Å². The van der Waals surface area contributed by atoms with Crippen LogP contribution in [0.2, 0.25) is 0 Å². The van der Waals surface area contributed by atoms with Crippen LogP contribution in [0.5, 0.6) is 0 Å². The van der Waals surface area contributed by atoms with Gasteiger partial charge in [-0.25, -0.2) is 0 Å². The highest BCUT2D eigenvalue weighted by Crippen LogP contribution is 2.00. The zero-order valence-electron chi connectivity index (χ0n) is 9.66. The smallest absolute Gasteiger partial charge is 0.0555 e. The van der Waals surface area contributed by atoms with Crippen molar-refractivity contribution < 1.29 is 0 Å². The number of hydrogen-bond acceptors (Lipinski definition) is 2. The topological polar surface area (TPSA) is 25.8 Å². The molecule has 0 aliphatic carbocycles. The summed E-state index contributed by atoms with van der Waals surface area (Å²) < 4.78 is 0. The molecule has 0 saturated carbocycles. The molecule has 0 bridgehead atoms. The number of aromatic nitrogens is 2. The van der Waals surface area contributed by atoms with Gasteiger partial charge in [-0.1, -0.05) is 46.0 Å². The first kappa shape index (κ1) is 13.1. The van der Waals surface area contributed by atoms with Gasteiger partial charge in [0, 0.05) is 18.6 Å². The van der Waals surface area contributed by atoms with Gasteiger partial charge in [0.1, 0.15) is 0 Å². The lowest BCUT2D eigenvalue weighted by molar-refractivity contribution is 0.656. The van der Waals surface area contributed by atoms with Crippen LogP contribution in [0.15, 0.2) is 18.6 Å². The minimum absolute atomic E-state index is 0.961. The third kappa shape index (κ3) is 9.17. The SMILES string of the molecule is CCCCCCC.Cc1cnccn1. The van der Waals surface area contributed by atoms with E-state index in [0.29, 0.717) is 0 Å². The zero-order chi connectivity index (χ0) is 10.6. The number of aryl methyl sites for hydroxylation is 1. The first-order valence-corrected chi connectivity index (χ1v) is 5.53. The summed E-state index contributed by atoms with van der Waals surface area (Å²) in [7, 11) is 0. The molecule has 2 nitrogen and oxygen atoms in total. The van der Waals surface area contributed by atoms with Crippen LogP contribution in [-0.2, 0) is 0 Å². The maximum absolute atomic E-state index is 3.92. The summed E-state index contributed by atoms with van der Waals surface area (Å²) in [5.74, 6) is 0. The highest BCUT2D eigenvalue weighted by molar-refractivity contribution is 4.88. The van der Waals surface area contributed by atoms with Crippen LogP contribution in [-0.4, -0.2) is 9.97 Å². The second-order valence-corrected chi connectivity index (χ2v) is 3.41. The van der Waals surface area contributed by atoms with Crippen molar-refractivity contribution in [3.63, 3.8) is 0 Å². The van der Waals surface area contributed by atoms with E-state index in [4.69, 9.17) is 0 Å². The minimum atomic E-state index is 0.961. The first-order chi connectivity index (χ1) is 6.81. The van der Waals surface area contributed by atoms with Crippen LogP contribution in [0, 0.1) is 6.92 Å². The predicted octanol–water partition coefficient (Wildman–Crippen LogP) is 3.76. The van der Waals surface area contributed by atoms with Crippen LogP contribution < -0.4 is 0 Å². The van der Waals surface area contributed by atoms with E-state index in [2.05, 4.69) is 23.8 Å². The van der Waals surface area contributed by atoms with Gasteiger partial charge < -0.3 is 0 Å². The fourth-order valence-electron chi connectivity index (χ4n) is 1.05. The Hall–Kier alpha value is -0.920.